The zero-order chi connectivity index (χ0) is 15.2. The predicted molar refractivity (Wildman–Crippen MR) is 88.0 cm³/mol. The standard InChI is InChI=1S/C16H27N3OS/c1-5-11-9-20-10(2)8-19(11)15-18-13-7-16(3,4)6-12(17)14(13)21-15/h10-12H,5-9,17H2,1-4H3. The van der Waals surface area contributed by atoms with E-state index in [0.717, 1.165) is 37.5 Å². The fourth-order valence-corrected chi connectivity index (χ4v) is 4.68. The normalized spacial score (nSPS) is 32.0. The van der Waals surface area contributed by atoms with E-state index in [2.05, 4.69) is 32.6 Å². The summed E-state index contributed by atoms with van der Waals surface area (Å²) < 4.78 is 5.80. The molecule has 4 nitrogen and oxygen atoms in total. The predicted octanol–water partition coefficient (Wildman–Crippen LogP) is 3.12. The van der Waals surface area contributed by atoms with Gasteiger partial charge >= 0.3 is 0 Å². The minimum atomic E-state index is 0.147. The van der Waals surface area contributed by atoms with Gasteiger partial charge in [-0.25, -0.2) is 4.98 Å². The van der Waals surface area contributed by atoms with Gasteiger partial charge in [-0.1, -0.05) is 32.1 Å². The first-order chi connectivity index (χ1) is 9.89. The summed E-state index contributed by atoms with van der Waals surface area (Å²) in [6, 6.07) is 0.589. The molecular formula is C16H27N3OS. The van der Waals surface area contributed by atoms with Crippen molar-refractivity contribution < 1.29 is 4.74 Å². The minimum Gasteiger partial charge on any atom is -0.375 e. The van der Waals surface area contributed by atoms with Crippen LogP contribution in [-0.4, -0.2) is 30.3 Å². The molecule has 0 aromatic carbocycles. The molecule has 0 spiro atoms. The van der Waals surface area contributed by atoms with Crippen molar-refractivity contribution in [3.63, 3.8) is 0 Å². The Morgan fingerprint density at radius 1 is 1.48 bits per heavy atom. The van der Waals surface area contributed by atoms with Crippen LogP contribution in [0.5, 0.6) is 0 Å². The Kier molecular flexibility index (Phi) is 4.01. The van der Waals surface area contributed by atoms with Gasteiger partial charge < -0.3 is 15.4 Å². The zero-order valence-electron chi connectivity index (χ0n) is 13.6. The van der Waals surface area contributed by atoms with Gasteiger partial charge in [-0.05, 0) is 31.6 Å². The van der Waals surface area contributed by atoms with E-state index in [1.54, 1.807) is 11.3 Å². The molecule has 0 amide bonds. The SMILES string of the molecule is CCC1COC(C)CN1c1nc2c(s1)C(N)CC(C)(C)C2. The molecule has 21 heavy (non-hydrogen) atoms. The third-order valence-corrected chi connectivity index (χ3v) is 5.92. The largest absolute Gasteiger partial charge is 0.375 e. The summed E-state index contributed by atoms with van der Waals surface area (Å²) in [5, 5.41) is 1.15. The molecule has 2 N–H and O–H groups in total. The van der Waals surface area contributed by atoms with Gasteiger partial charge in [-0.15, -0.1) is 0 Å². The Labute approximate surface area is 131 Å². The van der Waals surface area contributed by atoms with Crippen LogP contribution in [0.2, 0.25) is 0 Å². The maximum absolute atomic E-state index is 6.39. The molecule has 1 saturated heterocycles. The molecule has 1 aliphatic carbocycles. The molecule has 2 heterocycles. The number of nitrogens with zero attached hydrogens (tertiary/aromatic N) is 2. The monoisotopic (exact) mass is 309 g/mol. The highest BCUT2D eigenvalue weighted by molar-refractivity contribution is 7.15. The molecule has 1 aliphatic heterocycles. The molecule has 0 radical (unpaired) electrons. The molecule has 118 valence electrons. The highest BCUT2D eigenvalue weighted by atomic mass is 32.1. The van der Waals surface area contributed by atoms with E-state index >= 15 is 0 Å². The number of aromatic nitrogens is 1. The Hall–Kier alpha value is -0.650. The Morgan fingerprint density at radius 2 is 2.24 bits per heavy atom. The lowest BCUT2D eigenvalue weighted by atomic mass is 9.77. The number of ether oxygens (including phenoxy) is 1. The molecular weight excluding hydrogens is 282 g/mol. The second-order valence-electron chi connectivity index (χ2n) is 7.32. The zero-order valence-corrected chi connectivity index (χ0v) is 14.4. The lowest BCUT2D eigenvalue weighted by molar-refractivity contribution is 0.0299. The van der Waals surface area contributed by atoms with Gasteiger partial charge in [-0.2, -0.15) is 0 Å². The molecule has 2 aliphatic rings. The maximum Gasteiger partial charge on any atom is 0.186 e. The Bertz CT molecular complexity index is 514. The Morgan fingerprint density at radius 3 is 2.95 bits per heavy atom. The summed E-state index contributed by atoms with van der Waals surface area (Å²) in [4.78, 5) is 8.71. The average Bonchev–Trinajstić information content (AvgIpc) is 2.81. The molecule has 3 unspecified atom stereocenters. The first kappa shape index (κ1) is 15.3. The molecule has 0 bridgehead atoms. The van der Waals surface area contributed by atoms with Crippen molar-refractivity contribution in [2.45, 2.75) is 65.1 Å². The number of rotatable bonds is 2. The number of morpholine rings is 1. The van der Waals surface area contributed by atoms with Crippen LogP contribution in [-0.2, 0) is 11.2 Å². The highest BCUT2D eigenvalue weighted by Crippen LogP contribution is 2.44. The topological polar surface area (TPSA) is 51.4 Å². The van der Waals surface area contributed by atoms with Crippen LogP contribution in [0, 0.1) is 5.41 Å². The Balaban J connectivity index is 1.90. The van der Waals surface area contributed by atoms with Crippen molar-refractivity contribution in [2.24, 2.45) is 11.1 Å². The van der Waals surface area contributed by atoms with E-state index in [4.69, 9.17) is 15.5 Å². The molecule has 3 atom stereocenters. The van der Waals surface area contributed by atoms with E-state index in [-0.39, 0.29) is 17.6 Å². The third kappa shape index (κ3) is 2.96. The van der Waals surface area contributed by atoms with Gasteiger partial charge in [0.1, 0.15) is 0 Å². The van der Waals surface area contributed by atoms with Gasteiger partial charge in [0.05, 0.1) is 24.4 Å². The summed E-state index contributed by atoms with van der Waals surface area (Å²) in [5.74, 6) is 0. The van der Waals surface area contributed by atoms with E-state index < -0.39 is 0 Å². The fourth-order valence-electron chi connectivity index (χ4n) is 3.52. The van der Waals surface area contributed by atoms with Crippen molar-refractivity contribution in [1.82, 2.24) is 4.98 Å². The van der Waals surface area contributed by atoms with Crippen molar-refractivity contribution in [3.05, 3.63) is 10.6 Å². The number of hydrogen-bond donors (Lipinski definition) is 1. The van der Waals surface area contributed by atoms with Crippen LogP contribution >= 0.6 is 11.3 Å². The number of anilines is 1. The van der Waals surface area contributed by atoms with Crippen LogP contribution in [0.3, 0.4) is 0 Å². The first-order valence-corrected chi connectivity index (χ1v) is 8.84. The highest BCUT2D eigenvalue weighted by Gasteiger charge is 2.35. The molecule has 1 fully saturated rings. The van der Waals surface area contributed by atoms with Crippen molar-refractivity contribution >= 4 is 16.5 Å². The van der Waals surface area contributed by atoms with Gasteiger partial charge in [0.2, 0.25) is 0 Å². The molecule has 1 aromatic heterocycles. The minimum absolute atomic E-state index is 0.147. The lowest BCUT2D eigenvalue weighted by Gasteiger charge is -2.38. The summed E-state index contributed by atoms with van der Waals surface area (Å²) in [6.07, 6.45) is 3.47. The number of fused-ring (bicyclic) bond motifs is 1. The van der Waals surface area contributed by atoms with Crippen molar-refractivity contribution in [3.8, 4) is 0 Å². The van der Waals surface area contributed by atoms with Gasteiger partial charge in [0, 0.05) is 17.5 Å². The fraction of sp³-hybridized carbons (Fsp3) is 0.812. The summed E-state index contributed by atoms with van der Waals surface area (Å²) in [5.41, 5.74) is 7.88. The van der Waals surface area contributed by atoms with E-state index in [0.29, 0.717) is 6.04 Å². The summed E-state index contributed by atoms with van der Waals surface area (Å²) >= 11 is 1.81. The second-order valence-corrected chi connectivity index (χ2v) is 8.33. The maximum atomic E-state index is 6.39. The van der Waals surface area contributed by atoms with Crippen LogP contribution < -0.4 is 10.6 Å². The third-order valence-electron chi connectivity index (χ3n) is 4.66. The first-order valence-electron chi connectivity index (χ1n) is 8.03. The second kappa shape index (κ2) is 5.52. The van der Waals surface area contributed by atoms with Crippen LogP contribution in [0.15, 0.2) is 0 Å². The molecule has 0 saturated carbocycles. The van der Waals surface area contributed by atoms with Crippen molar-refractivity contribution in [2.75, 3.05) is 18.1 Å². The molecule has 1 aromatic rings. The summed E-state index contributed by atoms with van der Waals surface area (Å²) in [7, 11) is 0. The number of hydrogen-bond acceptors (Lipinski definition) is 5. The lowest BCUT2D eigenvalue weighted by Crippen LogP contribution is -2.48. The molecule has 5 heteroatoms. The summed E-state index contributed by atoms with van der Waals surface area (Å²) in [6.45, 7) is 10.7. The number of thiazole rings is 1. The van der Waals surface area contributed by atoms with E-state index in [9.17, 15) is 0 Å². The average molecular weight is 309 g/mol. The van der Waals surface area contributed by atoms with E-state index in [1.807, 2.05) is 0 Å². The van der Waals surface area contributed by atoms with Gasteiger partial charge in [-0.3, -0.25) is 0 Å². The smallest absolute Gasteiger partial charge is 0.186 e. The quantitative estimate of drug-likeness (QED) is 0.912. The molecule has 3 rings (SSSR count). The van der Waals surface area contributed by atoms with Crippen LogP contribution in [0.4, 0.5) is 5.13 Å². The van der Waals surface area contributed by atoms with Gasteiger partial charge in [0.25, 0.3) is 0 Å². The van der Waals surface area contributed by atoms with Crippen molar-refractivity contribution in [1.29, 1.82) is 0 Å². The number of nitrogens with two attached hydrogens (primary N) is 1. The van der Waals surface area contributed by atoms with E-state index in [1.165, 1.54) is 10.6 Å². The van der Waals surface area contributed by atoms with Crippen LogP contribution in [0.25, 0.3) is 0 Å². The van der Waals surface area contributed by atoms with Gasteiger partial charge in [0.15, 0.2) is 5.13 Å². The van der Waals surface area contributed by atoms with Crippen LogP contribution in [0.1, 0.15) is 57.1 Å².